The molecule has 7 heteroatoms. The number of ether oxygens (including phenoxy) is 2. The second-order valence-corrected chi connectivity index (χ2v) is 9.08. The van der Waals surface area contributed by atoms with Crippen molar-refractivity contribution in [2.75, 3.05) is 6.61 Å². The summed E-state index contributed by atoms with van der Waals surface area (Å²) in [6, 6.07) is 15.0. The van der Waals surface area contributed by atoms with Crippen molar-refractivity contribution in [2.45, 2.75) is 52.2 Å². The third-order valence-electron chi connectivity index (χ3n) is 5.76. The van der Waals surface area contributed by atoms with Gasteiger partial charge in [-0.05, 0) is 40.5 Å². The number of carboxylic acids is 1. The van der Waals surface area contributed by atoms with Crippen molar-refractivity contribution in [3.8, 4) is 11.1 Å². The smallest absolute Gasteiger partial charge is 0.407 e. The highest BCUT2D eigenvalue weighted by Gasteiger charge is 2.33. The Morgan fingerprint density at radius 3 is 1.97 bits per heavy atom. The second-order valence-electron chi connectivity index (χ2n) is 9.08. The van der Waals surface area contributed by atoms with E-state index in [-0.39, 0.29) is 30.8 Å². The lowest BCUT2D eigenvalue weighted by molar-refractivity contribution is -0.167. The average molecular weight is 454 g/mol. The molecule has 0 radical (unpaired) electrons. The zero-order valence-corrected chi connectivity index (χ0v) is 19.4. The lowest BCUT2D eigenvalue weighted by atomic mass is 9.98. The highest BCUT2D eigenvalue weighted by molar-refractivity contribution is 5.84. The van der Waals surface area contributed by atoms with Crippen LogP contribution < -0.4 is 5.32 Å². The highest BCUT2D eigenvalue weighted by atomic mass is 16.6. The molecule has 0 aromatic heterocycles. The summed E-state index contributed by atoms with van der Waals surface area (Å²) in [4.78, 5) is 36.7. The SMILES string of the molecule is CC(C)CC(OC(=O)C(NC(=O)OCC1c2ccccc2-c2ccccc21)C(C)C)C(=O)O. The Bertz CT molecular complexity index is 970. The number of alkyl carbamates (subject to hydrolysis) is 1. The van der Waals surface area contributed by atoms with Crippen LogP contribution in [0.4, 0.5) is 4.79 Å². The maximum absolute atomic E-state index is 12.6. The number of hydrogen-bond acceptors (Lipinski definition) is 5. The second kappa shape index (κ2) is 10.5. The molecule has 2 N–H and O–H groups in total. The lowest BCUT2D eigenvalue weighted by Crippen LogP contribution is -2.47. The fourth-order valence-corrected chi connectivity index (χ4v) is 4.11. The predicted molar refractivity (Wildman–Crippen MR) is 124 cm³/mol. The summed E-state index contributed by atoms with van der Waals surface area (Å²) in [6.07, 6.45) is -1.82. The predicted octanol–water partition coefficient (Wildman–Crippen LogP) is 4.59. The molecular formula is C26H31NO6. The molecule has 2 aromatic rings. The van der Waals surface area contributed by atoms with Crippen LogP contribution >= 0.6 is 0 Å². The van der Waals surface area contributed by atoms with Crippen molar-refractivity contribution in [2.24, 2.45) is 11.8 Å². The van der Waals surface area contributed by atoms with Crippen molar-refractivity contribution < 1.29 is 29.0 Å². The fourth-order valence-electron chi connectivity index (χ4n) is 4.11. The summed E-state index contributed by atoms with van der Waals surface area (Å²) < 4.78 is 10.7. The van der Waals surface area contributed by atoms with Crippen LogP contribution in [-0.2, 0) is 19.1 Å². The van der Waals surface area contributed by atoms with E-state index in [9.17, 15) is 19.5 Å². The molecule has 0 spiro atoms. The van der Waals surface area contributed by atoms with E-state index < -0.39 is 30.2 Å². The molecule has 3 rings (SSSR count). The van der Waals surface area contributed by atoms with E-state index in [2.05, 4.69) is 17.4 Å². The van der Waals surface area contributed by atoms with Crippen molar-refractivity contribution in [3.05, 3.63) is 59.7 Å². The highest BCUT2D eigenvalue weighted by Crippen LogP contribution is 2.44. The van der Waals surface area contributed by atoms with Gasteiger partial charge in [0, 0.05) is 5.92 Å². The molecule has 0 aliphatic heterocycles. The molecule has 176 valence electrons. The van der Waals surface area contributed by atoms with Crippen LogP contribution in [0.5, 0.6) is 0 Å². The van der Waals surface area contributed by atoms with Gasteiger partial charge in [-0.2, -0.15) is 0 Å². The number of carbonyl (C=O) groups is 3. The van der Waals surface area contributed by atoms with E-state index in [1.807, 2.05) is 50.2 Å². The van der Waals surface area contributed by atoms with E-state index in [4.69, 9.17) is 9.47 Å². The van der Waals surface area contributed by atoms with Crippen molar-refractivity contribution in [1.29, 1.82) is 0 Å². The van der Waals surface area contributed by atoms with Gasteiger partial charge in [0.25, 0.3) is 0 Å². The number of amides is 1. The van der Waals surface area contributed by atoms with Gasteiger partial charge >= 0.3 is 18.0 Å². The Hall–Kier alpha value is -3.35. The molecule has 0 saturated carbocycles. The summed E-state index contributed by atoms with van der Waals surface area (Å²) in [5.41, 5.74) is 4.42. The van der Waals surface area contributed by atoms with Crippen LogP contribution in [0.15, 0.2) is 48.5 Å². The van der Waals surface area contributed by atoms with Crippen molar-refractivity contribution in [3.63, 3.8) is 0 Å². The van der Waals surface area contributed by atoms with Crippen LogP contribution in [0, 0.1) is 11.8 Å². The lowest BCUT2D eigenvalue weighted by Gasteiger charge is -2.24. The Balaban J connectivity index is 1.65. The first kappa shape index (κ1) is 24.3. The standard InChI is InChI=1S/C26H31NO6/c1-15(2)13-22(24(28)29)33-25(30)23(16(3)4)27-26(31)32-14-21-19-11-7-5-9-17(19)18-10-6-8-12-20(18)21/h5-12,15-16,21-23H,13-14H2,1-4H3,(H,27,31)(H,28,29). The first-order chi connectivity index (χ1) is 15.7. The Morgan fingerprint density at radius 2 is 1.48 bits per heavy atom. The molecule has 1 aliphatic rings. The molecule has 33 heavy (non-hydrogen) atoms. The Labute approximate surface area is 194 Å². The number of rotatable bonds is 9. The minimum atomic E-state index is -1.26. The van der Waals surface area contributed by atoms with E-state index in [0.29, 0.717) is 0 Å². The number of esters is 1. The van der Waals surface area contributed by atoms with Gasteiger partial charge in [0.1, 0.15) is 12.6 Å². The summed E-state index contributed by atoms with van der Waals surface area (Å²) in [5, 5.41) is 11.9. The Morgan fingerprint density at radius 1 is 0.939 bits per heavy atom. The molecule has 1 aliphatic carbocycles. The minimum absolute atomic E-state index is 0.0338. The number of fused-ring (bicyclic) bond motifs is 3. The third-order valence-corrected chi connectivity index (χ3v) is 5.76. The summed E-state index contributed by atoms with van der Waals surface area (Å²) in [7, 11) is 0. The quantitative estimate of drug-likeness (QED) is 0.539. The van der Waals surface area contributed by atoms with Crippen LogP contribution in [-0.4, -0.2) is 41.9 Å². The fraction of sp³-hybridized carbons (Fsp3) is 0.423. The van der Waals surface area contributed by atoms with E-state index in [0.717, 1.165) is 22.3 Å². The van der Waals surface area contributed by atoms with Gasteiger partial charge in [-0.1, -0.05) is 76.2 Å². The Kier molecular flexibility index (Phi) is 7.74. The first-order valence-electron chi connectivity index (χ1n) is 11.2. The topological polar surface area (TPSA) is 102 Å². The molecule has 0 heterocycles. The van der Waals surface area contributed by atoms with Gasteiger partial charge in [0.15, 0.2) is 6.10 Å². The first-order valence-corrected chi connectivity index (χ1v) is 11.2. The summed E-state index contributed by atoms with van der Waals surface area (Å²) in [5.74, 6) is -2.37. The third kappa shape index (κ3) is 5.72. The zero-order chi connectivity index (χ0) is 24.1. The molecule has 0 fully saturated rings. The normalized spacial score (nSPS) is 14.4. The molecule has 2 atom stereocenters. The average Bonchev–Trinajstić information content (AvgIpc) is 3.08. The van der Waals surface area contributed by atoms with Crippen LogP contribution in [0.3, 0.4) is 0 Å². The number of aliphatic carboxylic acids is 1. The largest absolute Gasteiger partial charge is 0.479 e. The van der Waals surface area contributed by atoms with Crippen LogP contribution in [0.25, 0.3) is 11.1 Å². The van der Waals surface area contributed by atoms with Gasteiger partial charge in [0.05, 0.1) is 0 Å². The van der Waals surface area contributed by atoms with Crippen LogP contribution in [0.1, 0.15) is 51.2 Å². The van der Waals surface area contributed by atoms with Crippen molar-refractivity contribution >= 4 is 18.0 Å². The van der Waals surface area contributed by atoms with Crippen LogP contribution in [0.2, 0.25) is 0 Å². The van der Waals surface area contributed by atoms with Gasteiger partial charge in [0.2, 0.25) is 0 Å². The summed E-state index contributed by atoms with van der Waals surface area (Å²) in [6.45, 7) is 7.30. The number of carboxylic acid groups (broad SMARTS) is 1. The molecular weight excluding hydrogens is 422 g/mol. The molecule has 2 unspecified atom stereocenters. The molecule has 0 bridgehead atoms. The molecule has 0 saturated heterocycles. The van der Waals surface area contributed by atoms with E-state index >= 15 is 0 Å². The van der Waals surface area contributed by atoms with Gasteiger partial charge in [-0.25, -0.2) is 14.4 Å². The number of benzene rings is 2. The molecule has 7 nitrogen and oxygen atoms in total. The molecule has 2 aromatic carbocycles. The molecule has 1 amide bonds. The number of nitrogens with one attached hydrogen (secondary N) is 1. The van der Waals surface area contributed by atoms with Gasteiger partial charge in [-0.3, -0.25) is 0 Å². The summed E-state index contributed by atoms with van der Waals surface area (Å²) >= 11 is 0. The number of hydrogen-bond donors (Lipinski definition) is 2. The maximum atomic E-state index is 12.6. The minimum Gasteiger partial charge on any atom is -0.479 e. The van der Waals surface area contributed by atoms with Gasteiger partial charge < -0.3 is 19.9 Å². The van der Waals surface area contributed by atoms with Gasteiger partial charge in [-0.15, -0.1) is 0 Å². The van der Waals surface area contributed by atoms with Crippen molar-refractivity contribution in [1.82, 2.24) is 5.32 Å². The monoisotopic (exact) mass is 453 g/mol. The van der Waals surface area contributed by atoms with E-state index in [1.54, 1.807) is 13.8 Å². The maximum Gasteiger partial charge on any atom is 0.407 e. The number of carbonyl (C=O) groups excluding carboxylic acids is 2. The van der Waals surface area contributed by atoms with E-state index in [1.165, 1.54) is 0 Å². The zero-order valence-electron chi connectivity index (χ0n) is 19.4.